The summed E-state index contributed by atoms with van der Waals surface area (Å²) in [5, 5.41) is 3.33. The van der Waals surface area contributed by atoms with Gasteiger partial charge in [0.25, 0.3) is 0 Å². The van der Waals surface area contributed by atoms with Crippen LogP contribution in [0.25, 0.3) is 11.1 Å². The molecule has 0 atom stereocenters. The third-order valence-electron chi connectivity index (χ3n) is 2.75. The quantitative estimate of drug-likeness (QED) is 0.875. The Morgan fingerprint density at radius 2 is 2.00 bits per heavy atom. The first-order chi connectivity index (χ1) is 8.85. The van der Waals surface area contributed by atoms with Gasteiger partial charge in [0.15, 0.2) is 0 Å². The lowest BCUT2D eigenvalue weighted by molar-refractivity contribution is 0.414. The lowest BCUT2D eigenvalue weighted by Gasteiger charge is -2.11. The van der Waals surface area contributed by atoms with Gasteiger partial charge in [-0.05, 0) is 29.8 Å². The molecule has 0 saturated carbocycles. The van der Waals surface area contributed by atoms with Crippen LogP contribution < -0.4 is 10.1 Å². The van der Waals surface area contributed by atoms with Crippen LogP contribution in [0.4, 0.5) is 0 Å². The summed E-state index contributed by atoms with van der Waals surface area (Å²) >= 11 is 0. The molecule has 0 fully saturated rings. The fourth-order valence-corrected chi connectivity index (χ4v) is 1.82. The van der Waals surface area contributed by atoms with E-state index in [9.17, 15) is 0 Å². The molecule has 94 valence electrons. The van der Waals surface area contributed by atoms with Gasteiger partial charge >= 0.3 is 0 Å². The smallest absolute Gasteiger partial charge is 0.119 e. The maximum atomic E-state index is 5.27. The Hall–Kier alpha value is -1.94. The van der Waals surface area contributed by atoms with Gasteiger partial charge in [-0.15, -0.1) is 0 Å². The van der Waals surface area contributed by atoms with Gasteiger partial charge in [-0.3, -0.25) is 0 Å². The van der Waals surface area contributed by atoms with E-state index in [2.05, 4.69) is 22.2 Å². The van der Waals surface area contributed by atoms with Crippen molar-refractivity contribution in [2.45, 2.75) is 13.5 Å². The molecule has 18 heavy (non-hydrogen) atoms. The van der Waals surface area contributed by atoms with E-state index in [0.717, 1.165) is 30.0 Å². The Kier molecular flexibility index (Phi) is 4.25. The van der Waals surface area contributed by atoms with Crippen molar-refractivity contribution in [3.8, 4) is 16.9 Å². The van der Waals surface area contributed by atoms with Crippen LogP contribution in [0.15, 0.2) is 36.9 Å². The molecule has 0 unspecified atom stereocenters. The van der Waals surface area contributed by atoms with E-state index in [1.165, 1.54) is 11.9 Å². The van der Waals surface area contributed by atoms with Crippen molar-refractivity contribution in [2.75, 3.05) is 13.7 Å². The molecule has 0 radical (unpaired) electrons. The molecule has 2 aromatic rings. The van der Waals surface area contributed by atoms with E-state index in [4.69, 9.17) is 4.74 Å². The third-order valence-corrected chi connectivity index (χ3v) is 2.75. The van der Waals surface area contributed by atoms with Crippen molar-refractivity contribution in [1.29, 1.82) is 0 Å². The molecule has 0 spiro atoms. The summed E-state index contributed by atoms with van der Waals surface area (Å²) in [7, 11) is 1.68. The van der Waals surface area contributed by atoms with Crippen LogP contribution in [-0.4, -0.2) is 23.6 Å². The van der Waals surface area contributed by atoms with Gasteiger partial charge in [0.05, 0.1) is 7.11 Å². The van der Waals surface area contributed by atoms with E-state index in [1.54, 1.807) is 7.11 Å². The number of methoxy groups -OCH3 is 1. The highest BCUT2D eigenvalue weighted by atomic mass is 16.5. The topological polar surface area (TPSA) is 47.0 Å². The summed E-state index contributed by atoms with van der Waals surface area (Å²) in [6, 6.07) is 6.05. The second kappa shape index (κ2) is 6.12. The molecule has 4 heteroatoms. The van der Waals surface area contributed by atoms with E-state index in [1.807, 2.05) is 30.6 Å². The van der Waals surface area contributed by atoms with Gasteiger partial charge in [-0.2, -0.15) is 0 Å². The highest BCUT2D eigenvalue weighted by Crippen LogP contribution is 2.26. The standard InChI is InChI=1S/C14H17N3O/c1-3-15-7-11-6-13(18-2)4-5-14(11)12-8-16-10-17-9-12/h4-6,8-10,15H,3,7H2,1-2H3. The lowest BCUT2D eigenvalue weighted by atomic mass is 10.0. The van der Waals surface area contributed by atoms with E-state index in [0.29, 0.717) is 0 Å². The monoisotopic (exact) mass is 243 g/mol. The number of rotatable bonds is 5. The average Bonchev–Trinajstić information content (AvgIpc) is 2.45. The van der Waals surface area contributed by atoms with Crippen molar-refractivity contribution in [1.82, 2.24) is 15.3 Å². The van der Waals surface area contributed by atoms with Crippen molar-refractivity contribution in [3.05, 3.63) is 42.5 Å². The van der Waals surface area contributed by atoms with Crippen LogP contribution in [0.2, 0.25) is 0 Å². The van der Waals surface area contributed by atoms with E-state index in [-0.39, 0.29) is 0 Å². The molecule has 1 heterocycles. The highest BCUT2D eigenvalue weighted by molar-refractivity contribution is 5.66. The van der Waals surface area contributed by atoms with Gasteiger partial charge in [-0.1, -0.05) is 13.0 Å². The maximum absolute atomic E-state index is 5.27. The average molecular weight is 243 g/mol. The maximum Gasteiger partial charge on any atom is 0.119 e. The third kappa shape index (κ3) is 2.84. The van der Waals surface area contributed by atoms with Crippen molar-refractivity contribution < 1.29 is 4.74 Å². The minimum atomic E-state index is 0.803. The van der Waals surface area contributed by atoms with Gasteiger partial charge in [0.1, 0.15) is 12.1 Å². The Labute approximate surface area is 107 Å². The largest absolute Gasteiger partial charge is 0.497 e. The minimum Gasteiger partial charge on any atom is -0.497 e. The second-order valence-corrected chi connectivity index (χ2v) is 3.93. The molecule has 1 N–H and O–H groups in total. The SMILES string of the molecule is CCNCc1cc(OC)ccc1-c1cncnc1. The zero-order valence-electron chi connectivity index (χ0n) is 10.7. The van der Waals surface area contributed by atoms with Crippen LogP contribution in [-0.2, 0) is 6.54 Å². The summed E-state index contributed by atoms with van der Waals surface area (Å²) in [6.07, 6.45) is 5.19. The number of hydrogen-bond acceptors (Lipinski definition) is 4. The molecule has 1 aromatic carbocycles. The van der Waals surface area contributed by atoms with Gasteiger partial charge in [0, 0.05) is 24.5 Å². The Bertz CT molecular complexity index is 500. The predicted molar refractivity (Wildman–Crippen MR) is 71.4 cm³/mol. The molecule has 4 nitrogen and oxygen atoms in total. The molecule has 0 aliphatic rings. The summed E-state index contributed by atoms with van der Waals surface area (Å²) < 4.78 is 5.27. The minimum absolute atomic E-state index is 0.803. The first kappa shape index (κ1) is 12.5. The van der Waals surface area contributed by atoms with Crippen LogP contribution >= 0.6 is 0 Å². The van der Waals surface area contributed by atoms with E-state index >= 15 is 0 Å². The lowest BCUT2D eigenvalue weighted by Crippen LogP contribution is -2.12. The van der Waals surface area contributed by atoms with Crippen LogP contribution in [0.3, 0.4) is 0 Å². The summed E-state index contributed by atoms with van der Waals surface area (Å²) in [5.74, 6) is 0.864. The van der Waals surface area contributed by atoms with Gasteiger partial charge in [-0.25, -0.2) is 9.97 Å². The first-order valence-electron chi connectivity index (χ1n) is 5.98. The van der Waals surface area contributed by atoms with Crippen LogP contribution in [0.5, 0.6) is 5.75 Å². The number of benzene rings is 1. The zero-order valence-corrected chi connectivity index (χ0v) is 10.7. The molecule has 1 aromatic heterocycles. The predicted octanol–water partition coefficient (Wildman–Crippen LogP) is 2.26. The number of aromatic nitrogens is 2. The van der Waals surface area contributed by atoms with Crippen LogP contribution in [0, 0.1) is 0 Å². The first-order valence-corrected chi connectivity index (χ1v) is 5.98. The zero-order chi connectivity index (χ0) is 12.8. The number of hydrogen-bond donors (Lipinski definition) is 1. The van der Waals surface area contributed by atoms with Crippen molar-refractivity contribution >= 4 is 0 Å². The number of nitrogens with one attached hydrogen (secondary N) is 1. The van der Waals surface area contributed by atoms with Crippen molar-refractivity contribution in [3.63, 3.8) is 0 Å². The summed E-state index contributed by atoms with van der Waals surface area (Å²) in [5.41, 5.74) is 3.34. The normalized spacial score (nSPS) is 10.3. The van der Waals surface area contributed by atoms with Crippen LogP contribution in [0.1, 0.15) is 12.5 Å². The molecular weight excluding hydrogens is 226 g/mol. The molecular formula is C14H17N3O. The molecule has 0 saturated heterocycles. The molecule has 2 rings (SSSR count). The highest BCUT2D eigenvalue weighted by Gasteiger charge is 2.07. The summed E-state index contributed by atoms with van der Waals surface area (Å²) in [6.45, 7) is 3.82. The Morgan fingerprint density at radius 3 is 2.67 bits per heavy atom. The number of nitrogens with zero attached hydrogens (tertiary/aromatic N) is 2. The van der Waals surface area contributed by atoms with E-state index < -0.39 is 0 Å². The fraction of sp³-hybridized carbons (Fsp3) is 0.286. The molecule has 0 aliphatic heterocycles. The molecule has 0 amide bonds. The summed E-state index contributed by atoms with van der Waals surface area (Å²) in [4.78, 5) is 8.12. The van der Waals surface area contributed by atoms with Gasteiger partial charge < -0.3 is 10.1 Å². The Balaban J connectivity index is 2.39. The van der Waals surface area contributed by atoms with Gasteiger partial charge in [0.2, 0.25) is 0 Å². The Morgan fingerprint density at radius 1 is 1.22 bits per heavy atom. The van der Waals surface area contributed by atoms with Crippen molar-refractivity contribution in [2.24, 2.45) is 0 Å². The molecule has 0 bridgehead atoms. The fourth-order valence-electron chi connectivity index (χ4n) is 1.82. The second-order valence-electron chi connectivity index (χ2n) is 3.93. The number of ether oxygens (including phenoxy) is 1. The molecule has 0 aliphatic carbocycles.